The molecule has 1 heterocycles. The number of anilines is 1. The zero-order chi connectivity index (χ0) is 20.3. The van der Waals surface area contributed by atoms with E-state index in [2.05, 4.69) is 101 Å². The van der Waals surface area contributed by atoms with Crippen LogP contribution in [0.1, 0.15) is 18.1 Å². The Balaban J connectivity index is 0.000000419. The van der Waals surface area contributed by atoms with Crippen LogP contribution in [-0.2, 0) is 6.54 Å². The van der Waals surface area contributed by atoms with Gasteiger partial charge in [0.1, 0.15) is 0 Å². The molecule has 0 bridgehead atoms. The van der Waals surface area contributed by atoms with Crippen molar-refractivity contribution in [2.24, 2.45) is 10.2 Å². The molecule has 0 radical (unpaired) electrons. The number of aryl methyl sites for hydroxylation is 1. The first kappa shape index (κ1) is 20.5. The maximum absolute atomic E-state index is 3.56. The van der Waals surface area contributed by atoms with Gasteiger partial charge < -0.3 is 10.6 Å². The Morgan fingerprint density at radius 3 is 2.00 bits per heavy atom. The number of nitrogens with zero attached hydrogens (tertiary/aromatic N) is 2. The van der Waals surface area contributed by atoms with Crippen molar-refractivity contribution in [2.75, 3.05) is 18.4 Å². The first-order valence-corrected chi connectivity index (χ1v) is 9.94. The second kappa shape index (κ2) is 10.9. The van der Waals surface area contributed by atoms with E-state index in [1.165, 1.54) is 27.9 Å². The molecule has 0 saturated heterocycles. The molecule has 0 fully saturated rings. The van der Waals surface area contributed by atoms with Crippen LogP contribution in [-0.4, -0.2) is 13.1 Å². The average molecular weight is 385 g/mol. The number of nitrogens with one attached hydrogen (secondary N) is 2. The fourth-order valence-corrected chi connectivity index (χ4v) is 2.96. The van der Waals surface area contributed by atoms with Gasteiger partial charge in [-0.1, -0.05) is 66.7 Å². The minimum Gasteiger partial charge on any atom is -0.384 e. The molecule has 3 aromatic rings. The lowest BCUT2D eigenvalue weighted by atomic mass is 10.0. The molecule has 0 saturated carbocycles. The first-order valence-electron chi connectivity index (χ1n) is 9.94. The van der Waals surface area contributed by atoms with Gasteiger partial charge in [0.2, 0.25) is 0 Å². The summed E-state index contributed by atoms with van der Waals surface area (Å²) < 4.78 is 0. The minimum atomic E-state index is 0.911. The molecular weight excluding hydrogens is 356 g/mol. The van der Waals surface area contributed by atoms with Gasteiger partial charge in [0.15, 0.2) is 0 Å². The summed E-state index contributed by atoms with van der Waals surface area (Å²) in [6, 6.07) is 27.6. The van der Waals surface area contributed by atoms with E-state index in [0.29, 0.717) is 0 Å². The molecule has 4 nitrogen and oxygen atoms in total. The second-order valence-electron chi connectivity index (χ2n) is 6.97. The van der Waals surface area contributed by atoms with Crippen LogP contribution in [0.3, 0.4) is 0 Å². The Hall–Kier alpha value is -3.24. The van der Waals surface area contributed by atoms with E-state index in [-0.39, 0.29) is 0 Å². The van der Waals surface area contributed by atoms with Gasteiger partial charge in [-0.25, -0.2) is 0 Å². The SMILES string of the molecule is CC1=CN=N1.Cc1cc(-c2ccccc2)ccc1NCCNCc1ccccc1. The summed E-state index contributed by atoms with van der Waals surface area (Å²) in [6.45, 7) is 6.83. The number of allylic oxidation sites excluding steroid dienone is 1. The molecule has 0 unspecified atom stereocenters. The first-order chi connectivity index (χ1) is 14.2. The third-order valence-electron chi connectivity index (χ3n) is 4.58. The van der Waals surface area contributed by atoms with E-state index in [9.17, 15) is 0 Å². The van der Waals surface area contributed by atoms with E-state index < -0.39 is 0 Å². The number of hydrogen-bond donors (Lipinski definition) is 2. The molecule has 29 heavy (non-hydrogen) atoms. The van der Waals surface area contributed by atoms with E-state index in [1.54, 1.807) is 6.20 Å². The molecule has 1 aliphatic heterocycles. The third-order valence-corrected chi connectivity index (χ3v) is 4.58. The Morgan fingerprint density at radius 2 is 1.41 bits per heavy atom. The van der Waals surface area contributed by atoms with Crippen molar-refractivity contribution in [3.8, 4) is 11.1 Å². The maximum atomic E-state index is 3.56. The van der Waals surface area contributed by atoms with Crippen molar-refractivity contribution in [1.82, 2.24) is 5.32 Å². The Bertz CT molecular complexity index is 947. The van der Waals surface area contributed by atoms with Gasteiger partial charge >= 0.3 is 0 Å². The van der Waals surface area contributed by atoms with Crippen molar-refractivity contribution >= 4 is 5.69 Å². The molecule has 0 atom stereocenters. The van der Waals surface area contributed by atoms with Crippen molar-refractivity contribution in [3.05, 3.63) is 102 Å². The standard InChI is InChI=1S/C22H24N2.C3H4N2/c1-18-16-21(20-10-6-3-7-11-20)12-13-22(18)24-15-14-23-17-19-8-4-2-5-9-19;1-3-2-4-5-3/h2-13,16,23-24H,14-15,17H2,1H3;2H,1H3. The summed E-state index contributed by atoms with van der Waals surface area (Å²) in [5.74, 6) is 0. The molecule has 2 N–H and O–H groups in total. The van der Waals surface area contributed by atoms with Gasteiger partial charge in [0, 0.05) is 25.3 Å². The molecule has 4 rings (SSSR count). The van der Waals surface area contributed by atoms with Crippen molar-refractivity contribution in [1.29, 1.82) is 0 Å². The topological polar surface area (TPSA) is 48.8 Å². The zero-order valence-corrected chi connectivity index (χ0v) is 17.1. The molecule has 0 aliphatic carbocycles. The molecule has 1 aliphatic rings. The summed E-state index contributed by atoms with van der Waals surface area (Å²) in [5, 5.41) is 14.0. The second-order valence-corrected chi connectivity index (χ2v) is 6.97. The molecule has 0 spiro atoms. The average Bonchev–Trinajstić information content (AvgIpc) is 2.75. The number of azo groups is 1. The van der Waals surface area contributed by atoms with Gasteiger partial charge in [-0.15, -0.1) is 0 Å². The van der Waals surface area contributed by atoms with E-state index in [1.807, 2.05) is 13.0 Å². The Labute approximate surface area is 173 Å². The third kappa shape index (κ3) is 6.70. The number of rotatable bonds is 7. The maximum Gasteiger partial charge on any atom is 0.0800 e. The van der Waals surface area contributed by atoms with Gasteiger partial charge in [-0.3, -0.25) is 0 Å². The highest BCUT2D eigenvalue weighted by Gasteiger charge is 2.01. The lowest BCUT2D eigenvalue weighted by Crippen LogP contribution is -2.21. The highest BCUT2D eigenvalue weighted by Crippen LogP contribution is 2.24. The van der Waals surface area contributed by atoms with E-state index in [4.69, 9.17) is 0 Å². The van der Waals surface area contributed by atoms with Crippen LogP contribution in [0, 0.1) is 6.92 Å². The van der Waals surface area contributed by atoms with Crippen LogP contribution in [0.25, 0.3) is 11.1 Å². The monoisotopic (exact) mass is 384 g/mol. The van der Waals surface area contributed by atoms with Crippen molar-refractivity contribution in [2.45, 2.75) is 20.4 Å². The number of benzene rings is 3. The fourth-order valence-electron chi connectivity index (χ4n) is 2.96. The van der Waals surface area contributed by atoms with Crippen LogP contribution >= 0.6 is 0 Å². The lowest BCUT2D eigenvalue weighted by Gasteiger charge is -2.12. The number of hydrogen-bond acceptors (Lipinski definition) is 4. The Kier molecular flexibility index (Phi) is 7.72. The van der Waals surface area contributed by atoms with Crippen molar-refractivity contribution in [3.63, 3.8) is 0 Å². The predicted octanol–water partition coefficient (Wildman–Crippen LogP) is 6.18. The molecule has 0 amide bonds. The van der Waals surface area contributed by atoms with Crippen LogP contribution in [0.15, 0.2) is 101 Å². The summed E-state index contributed by atoms with van der Waals surface area (Å²) in [6.07, 6.45) is 1.72. The van der Waals surface area contributed by atoms with Crippen LogP contribution < -0.4 is 10.6 Å². The zero-order valence-electron chi connectivity index (χ0n) is 17.1. The van der Waals surface area contributed by atoms with Crippen LogP contribution in [0.2, 0.25) is 0 Å². The van der Waals surface area contributed by atoms with Gasteiger partial charge in [-0.2, -0.15) is 10.2 Å². The molecule has 3 aromatic carbocycles. The summed E-state index contributed by atoms with van der Waals surface area (Å²) in [5.41, 5.74) is 7.35. The van der Waals surface area contributed by atoms with Crippen LogP contribution in [0.4, 0.5) is 5.69 Å². The summed E-state index contributed by atoms with van der Waals surface area (Å²) in [7, 11) is 0. The van der Waals surface area contributed by atoms with Gasteiger partial charge in [-0.05, 0) is 48.2 Å². The van der Waals surface area contributed by atoms with Crippen LogP contribution in [0.5, 0.6) is 0 Å². The quantitative estimate of drug-likeness (QED) is 0.478. The Morgan fingerprint density at radius 1 is 0.759 bits per heavy atom. The molecular formula is C25H28N4. The van der Waals surface area contributed by atoms with E-state index >= 15 is 0 Å². The summed E-state index contributed by atoms with van der Waals surface area (Å²) in [4.78, 5) is 0. The molecule has 0 aromatic heterocycles. The van der Waals surface area contributed by atoms with Gasteiger partial charge in [0.05, 0.1) is 11.9 Å². The minimum absolute atomic E-state index is 0.911. The predicted molar refractivity (Wildman–Crippen MR) is 122 cm³/mol. The molecule has 4 heteroatoms. The highest BCUT2D eigenvalue weighted by atomic mass is 15.2. The van der Waals surface area contributed by atoms with Crippen molar-refractivity contribution < 1.29 is 0 Å². The van der Waals surface area contributed by atoms with E-state index in [0.717, 1.165) is 25.3 Å². The highest BCUT2D eigenvalue weighted by molar-refractivity contribution is 5.68. The summed E-state index contributed by atoms with van der Waals surface area (Å²) >= 11 is 0. The largest absolute Gasteiger partial charge is 0.384 e. The lowest BCUT2D eigenvalue weighted by molar-refractivity contribution is 0.707. The van der Waals surface area contributed by atoms with Gasteiger partial charge in [0.25, 0.3) is 0 Å². The molecule has 148 valence electrons. The fraction of sp³-hybridized carbons (Fsp3) is 0.200. The smallest absolute Gasteiger partial charge is 0.0800 e. The normalized spacial score (nSPS) is 11.7.